The number of carbonyl (C=O) groups is 1. The molecule has 1 amide bonds. The zero-order valence-corrected chi connectivity index (χ0v) is 14.1. The second kappa shape index (κ2) is 8.24. The first-order chi connectivity index (χ1) is 10.8. The van der Waals surface area contributed by atoms with E-state index in [-0.39, 0.29) is 12.0 Å². The lowest BCUT2D eigenvalue weighted by atomic mass is 10.1. The van der Waals surface area contributed by atoms with Crippen LogP contribution in [0.25, 0.3) is 0 Å². The Hall–Kier alpha value is -0.690. The SMILES string of the molecule is O=C(NC[C@@H]1COCCO1)c1ccc(C2SCCCS2)cc1. The molecule has 0 unspecified atom stereocenters. The van der Waals surface area contributed by atoms with Crippen LogP contribution < -0.4 is 5.32 Å². The highest BCUT2D eigenvalue weighted by atomic mass is 32.2. The maximum Gasteiger partial charge on any atom is 0.251 e. The third-order valence-electron chi connectivity index (χ3n) is 3.65. The number of nitrogens with one attached hydrogen (secondary N) is 1. The van der Waals surface area contributed by atoms with Crippen LogP contribution in [0.5, 0.6) is 0 Å². The molecular formula is C16H21NO3S2. The highest BCUT2D eigenvalue weighted by Gasteiger charge is 2.18. The largest absolute Gasteiger partial charge is 0.376 e. The van der Waals surface area contributed by atoms with Crippen LogP contribution in [0.4, 0.5) is 0 Å². The molecule has 2 aliphatic rings. The van der Waals surface area contributed by atoms with Crippen LogP contribution in [0.1, 0.15) is 26.9 Å². The van der Waals surface area contributed by atoms with Gasteiger partial charge < -0.3 is 14.8 Å². The van der Waals surface area contributed by atoms with Crippen molar-refractivity contribution in [2.24, 2.45) is 0 Å². The monoisotopic (exact) mass is 339 g/mol. The molecule has 1 aromatic carbocycles. The van der Waals surface area contributed by atoms with Crippen LogP contribution in [0.3, 0.4) is 0 Å². The average molecular weight is 339 g/mol. The van der Waals surface area contributed by atoms with Crippen LogP contribution in [0.15, 0.2) is 24.3 Å². The Kier molecular flexibility index (Phi) is 6.06. The Morgan fingerprint density at radius 3 is 2.64 bits per heavy atom. The summed E-state index contributed by atoms with van der Waals surface area (Å²) in [6.07, 6.45) is 1.26. The minimum Gasteiger partial charge on any atom is -0.376 e. The first-order valence-electron chi connectivity index (χ1n) is 7.63. The topological polar surface area (TPSA) is 47.6 Å². The zero-order chi connectivity index (χ0) is 15.2. The standard InChI is InChI=1S/C16H21NO3S2/c18-15(17-10-14-11-19-6-7-20-14)12-2-4-13(5-3-12)16-21-8-1-9-22-16/h2-5,14,16H,1,6-11H2,(H,17,18)/t14-/m1/s1. The van der Waals surface area contributed by atoms with Crippen LogP contribution in [0.2, 0.25) is 0 Å². The lowest BCUT2D eigenvalue weighted by Crippen LogP contribution is -2.39. The highest BCUT2D eigenvalue weighted by Crippen LogP contribution is 2.43. The minimum atomic E-state index is -0.0512. The lowest BCUT2D eigenvalue weighted by Gasteiger charge is -2.23. The van der Waals surface area contributed by atoms with Crippen molar-refractivity contribution in [3.8, 4) is 0 Å². The van der Waals surface area contributed by atoms with Gasteiger partial charge in [0.2, 0.25) is 0 Å². The fraction of sp³-hybridized carbons (Fsp3) is 0.562. The van der Waals surface area contributed by atoms with Gasteiger partial charge in [-0.15, -0.1) is 23.5 Å². The first kappa shape index (κ1) is 16.2. The molecule has 0 aromatic heterocycles. The van der Waals surface area contributed by atoms with Crippen LogP contribution in [-0.2, 0) is 9.47 Å². The van der Waals surface area contributed by atoms with E-state index in [0.29, 0.717) is 36.5 Å². The van der Waals surface area contributed by atoms with Crippen molar-refractivity contribution in [3.05, 3.63) is 35.4 Å². The molecule has 0 aliphatic carbocycles. The Balaban J connectivity index is 1.51. The van der Waals surface area contributed by atoms with Crippen LogP contribution in [0, 0.1) is 0 Å². The number of hydrogen-bond donors (Lipinski definition) is 1. The molecule has 2 fully saturated rings. The van der Waals surface area contributed by atoms with Crippen LogP contribution >= 0.6 is 23.5 Å². The van der Waals surface area contributed by atoms with E-state index < -0.39 is 0 Å². The molecule has 0 bridgehead atoms. The van der Waals surface area contributed by atoms with Crippen molar-refractivity contribution in [2.75, 3.05) is 37.9 Å². The molecule has 120 valence electrons. The number of ether oxygens (including phenoxy) is 2. The van der Waals surface area contributed by atoms with Crippen molar-refractivity contribution in [1.29, 1.82) is 0 Å². The number of carbonyl (C=O) groups excluding carboxylic acids is 1. The average Bonchev–Trinajstić information content (AvgIpc) is 2.61. The van der Waals surface area contributed by atoms with Gasteiger partial charge in [-0.1, -0.05) is 12.1 Å². The molecule has 6 heteroatoms. The number of rotatable bonds is 4. The van der Waals surface area contributed by atoms with Gasteiger partial charge >= 0.3 is 0 Å². The van der Waals surface area contributed by atoms with E-state index in [4.69, 9.17) is 9.47 Å². The van der Waals surface area contributed by atoms with E-state index in [1.807, 2.05) is 35.7 Å². The van der Waals surface area contributed by atoms with Gasteiger partial charge in [0.1, 0.15) is 0 Å². The highest BCUT2D eigenvalue weighted by molar-refractivity contribution is 8.16. The molecule has 3 rings (SSSR count). The van der Waals surface area contributed by atoms with Gasteiger partial charge in [0.15, 0.2) is 0 Å². The van der Waals surface area contributed by atoms with Gasteiger partial charge in [-0.25, -0.2) is 0 Å². The fourth-order valence-corrected chi connectivity index (χ4v) is 5.33. The molecule has 2 heterocycles. The fourth-order valence-electron chi connectivity index (χ4n) is 2.43. The van der Waals surface area contributed by atoms with Crippen molar-refractivity contribution in [2.45, 2.75) is 17.1 Å². The second-order valence-electron chi connectivity index (χ2n) is 5.33. The molecule has 2 aliphatic heterocycles. The number of benzene rings is 1. The summed E-state index contributed by atoms with van der Waals surface area (Å²) >= 11 is 3.98. The molecule has 22 heavy (non-hydrogen) atoms. The summed E-state index contributed by atoms with van der Waals surface area (Å²) in [5, 5.41) is 2.91. The summed E-state index contributed by atoms with van der Waals surface area (Å²) in [4.78, 5) is 12.2. The normalized spacial score (nSPS) is 23.2. The van der Waals surface area contributed by atoms with Crippen molar-refractivity contribution in [1.82, 2.24) is 5.32 Å². The van der Waals surface area contributed by atoms with Gasteiger partial charge in [0.25, 0.3) is 5.91 Å². The Labute approximate surface area is 139 Å². The molecule has 0 saturated carbocycles. The molecule has 0 spiro atoms. The number of amides is 1. The summed E-state index contributed by atoms with van der Waals surface area (Å²) in [7, 11) is 0. The predicted octanol–water partition coefficient (Wildman–Crippen LogP) is 2.70. The van der Waals surface area contributed by atoms with Crippen molar-refractivity contribution < 1.29 is 14.3 Å². The van der Waals surface area contributed by atoms with Gasteiger partial charge in [-0.2, -0.15) is 0 Å². The summed E-state index contributed by atoms with van der Waals surface area (Å²) in [5.41, 5.74) is 2.00. The predicted molar refractivity (Wildman–Crippen MR) is 91.6 cm³/mol. The van der Waals surface area contributed by atoms with E-state index in [1.54, 1.807) is 0 Å². The number of thioether (sulfide) groups is 2. The molecule has 1 atom stereocenters. The lowest BCUT2D eigenvalue weighted by molar-refractivity contribution is -0.0855. The van der Waals surface area contributed by atoms with Crippen LogP contribution in [-0.4, -0.2) is 49.9 Å². The van der Waals surface area contributed by atoms with Gasteiger partial charge in [-0.3, -0.25) is 4.79 Å². The van der Waals surface area contributed by atoms with Crippen molar-refractivity contribution in [3.63, 3.8) is 0 Å². The van der Waals surface area contributed by atoms with E-state index in [0.717, 1.165) is 0 Å². The molecule has 1 N–H and O–H groups in total. The summed E-state index contributed by atoms with van der Waals surface area (Å²) < 4.78 is 11.4. The maximum atomic E-state index is 12.2. The van der Waals surface area contributed by atoms with E-state index in [2.05, 4.69) is 17.4 Å². The quantitative estimate of drug-likeness (QED) is 0.914. The first-order valence-corrected chi connectivity index (χ1v) is 9.73. The summed E-state index contributed by atoms with van der Waals surface area (Å²) in [6.45, 7) is 2.29. The van der Waals surface area contributed by atoms with E-state index in [9.17, 15) is 4.79 Å². The van der Waals surface area contributed by atoms with Gasteiger partial charge in [0.05, 0.1) is 30.5 Å². The molecule has 1 aromatic rings. The minimum absolute atomic E-state index is 0.0352. The second-order valence-corrected chi connectivity index (χ2v) is 8.05. The third-order valence-corrected chi connectivity index (χ3v) is 6.66. The molecule has 2 saturated heterocycles. The zero-order valence-electron chi connectivity index (χ0n) is 12.5. The number of hydrogen-bond acceptors (Lipinski definition) is 5. The van der Waals surface area contributed by atoms with E-state index >= 15 is 0 Å². The van der Waals surface area contributed by atoms with Gasteiger partial charge in [-0.05, 0) is 35.6 Å². The molecule has 0 radical (unpaired) electrons. The van der Waals surface area contributed by atoms with E-state index in [1.165, 1.54) is 23.5 Å². The Bertz CT molecular complexity index is 483. The summed E-state index contributed by atoms with van der Waals surface area (Å²) in [5.74, 6) is 2.40. The molecular weight excluding hydrogens is 318 g/mol. The van der Waals surface area contributed by atoms with Gasteiger partial charge in [0, 0.05) is 12.1 Å². The van der Waals surface area contributed by atoms with Crippen molar-refractivity contribution >= 4 is 29.4 Å². The molecule has 4 nitrogen and oxygen atoms in total. The third kappa shape index (κ3) is 4.41. The smallest absolute Gasteiger partial charge is 0.251 e. The Morgan fingerprint density at radius 2 is 1.95 bits per heavy atom. The Morgan fingerprint density at radius 1 is 1.18 bits per heavy atom. The maximum absolute atomic E-state index is 12.2. The summed E-state index contributed by atoms with van der Waals surface area (Å²) in [6, 6.07) is 7.98.